The van der Waals surface area contributed by atoms with Gasteiger partial charge in [-0.05, 0) is 19.1 Å². The lowest BCUT2D eigenvalue weighted by molar-refractivity contribution is -0.123. The first-order valence-electron chi connectivity index (χ1n) is 6.75. The summed E-state index contributed by atoms with van der Waals surface area (Å²) in [6.45, 7) is 4.93. The van der Waals surface area contributed by atoms with E-state index < -0.39 is 0 Å². The third-order valence-electron chi connectivity index (χ3n) is 3.17. The average Bonchev–Trinajstić information content (AvgIpc) is 2.46. The summed E-state index contributed by atoms with van der Waals surface area (Å²) >= 11 is 0. The quantitative estimate of drug-likeness (QED) is 0.665. The number of hydrogen-bond acceptors (Lipinski definition) is 4. The lowest BCUT2D eigenvalue weighted by Crippen LogP contribution is -2.53. The molecule has 1 atom stereocenters. The van der Waals surface area contributed by atoms with Crippen LogP contribution in [0.25, 0.3) is 0 Å². The van der Waals surface area contributed by atoms with Crippen LogP contribution in [0.4, 0.5) is 0 Å². The summed E-state index contributed by atoms with van der Waals surface area (Å²) in [7, 11) is 0. The summed E-state index contributed by atoms with van der Waals surface area (Å²) in [6, 6.07) is 9.16. The molecular weight excluding hydrogens is 256 g/mol. The maximum Gasteiger partial charge on any atom is 0.269 e. The van der Waals surface area contributed by atoms with E-state index in [1.54, 1.807) is 24.3 Å². The Balaban J connectivity index is 1.73. The van der Waals surface area contributed by atoms with Gasteiger partial charge in [0.05, 0.1) is 6.54 Å². The molecule has 0 spiro atoms. The Morgan fingerprint density at radius 3 is 2.75 bits per heavy atom. The van der Waals surface area contributed by atoms with Crippen molar-refractivity contribution in [3.63, 3.8) is 0 Å². The normalized spacial score (nSPS) is 19.4. The van der Waals surface area contributed by atoms with Gasteiger partial charge in [-0.1, -0.05) is 18.2 Å². The van der Waals surface area contributed by atoms with Crippen LogP contribution in [-0.4, -0.2) is 48.9 Å². The lowest BCUT2D eigenvalue weighted by atomic mass is 10.2. The number of benzene rings is 1. The number of nitrogens with one attached hydrogen (secondary N) is 3. The first-order chi connectivity index (χ1) is 9.65. The van der Waals surface area contributed by atoms with Crippen LogP contribution in [0.3, 0.4) is 0 Å². The Morgan fingerprint density at radius 2 is 2.05 bits per heavy atom. The molecule has 1 fully saturated rings. The Hall–Kier alpha value is -1.92. The summed E-state index contributed by atoms with van der Waals surface area (Å²) < 4.78 is 0. The number of carbonyl (C=O) groups is 2. The van der Waals surface area contributed by atoms with Gasteiger partial charge in [0.2, 0.25) is 0 Å². The maximum absolute atomic E-state index is 11.8. The highest BCUT2D eigenvalue weighted by atomic mass is 16.2. The van der Waals surface area contributed by atoms with Crippen molar-refractivity contribution in [2.45, 2.75) is 13.0 Å². The van der Waals surface area contributed by atoms with E-state index in [4.69, 9.17) is 0 Å². The van der Waals surface area contributed by atoms with E-state index in [1.807, 2.05) is 6.07 Å². The van der Waals surface area contributed by atoms with E-state index in [-0.39, 0.29) is 11.8 Å². The first-order valence-corrected chi connectivity index (χ1v) is 6.75. The lowest BCUT2D eigenvalue weighted by Gasteiger charge is -2.31. The van der Waals surface area contributed by atoms with Crippen molar-refractivity contribution in [2.24, 2.45) is 0 Å². The predicted octanol–water partition coefficient (Wildman–Crippen LogP) is -0.259. The largest absolute Gasteiger partial charge is 0.312 e. The SMILES string of the molecule is C[C@H]1CN(CC(=O)NNC(=O)c2ccccc2)CCN1. The molecule has 3 N–H and O–H groups in total. The van der Waals surface area contributed by atoms with Gasteiger partial charge in [0.25, 0.3) is 11.8 Å². The van der Waals surface area contributed by atoms with Crippen LogP contribution in [0.15, 0.2) is 30.3 Å². The van der Waals surface area contributed by atoms with Crippen molar-refractivity contribution >= 4 is 11.8 Å². The number of carbonyl (C=O) groups excluding carboxylic acids is 2. The molecule has 0 unspecified atom stereocenters. The van der Waals surface area contributed by atoms with Crippen molar-refractivity contribution in [1.29, 1.82) is 0 Å². The fraction of sp³-hybridized carbons (Fsp3) is 0.429. The Bertz CT molecular complexity index is 464. The first kappa shape index (κ1) is 14.5. The van der Waals surface area contributed by atoms with Gasteiger partial charge in [-0.15, -0.1) is 0 Å². The number of nitrogens with zero attached hydrogens (tertiary/aromatic N) is 1. The molecule has 6 nitrogen and oxygen atoms in total. The number of hydrogen-bond donors (Lipinski definition) is 3. The summed E-state index contributed by atoms with van der Waals surface area (Å²) in [6.07, 6.45) is 0. The molecule has 0 bridgehead atoms. The minimum Gasteiger partial charge on any atom is -0.312 e. The van der Waals surface area contributed by atoms with Gasteiger partial charge in [0, 0.05) is 31.2 Å². The van der Waals surface area contributed by atoms with Crippen LogP contribution in [0.5, 0.6) is 0 Å². The van der Waals surface area contributed by atoms with Gasteiger partial charge >= 0.3 is 0 Å². The van der Waals surface area contributed by atoms with E-state index in [1.165, 1.54) is 0 Å². The molecule has 0 aromatic heterocycles. The molecule has 0 aliphatic carbocycles. The van der Waals surface area contributed by atoms with Crippen molar-refractivity contribution in [3.05, 3.63) is 35.9 Å². The monoisotopic (exact) mass is 276 g/mol. The van der Waals surface area contributed by atoms with Crippen LogP contribution < -0.4 is 16.2 Å². The number of piperazine rings is 1. The zero-order valence-electron chi connectivity index (χ0n) is 11.6. The Morgan fingerprint density at radius 1 is 1.30 bits per heavy atom. The number of amides is 2. The van der Waals surface area contributed by atoms with Gasteiger partial charge < -0.3 is 5.32 Å². The van der Waals surface area contributed by atoms with E-state index in [2.05, 4.69) is 28.0 Å². The highest BCUT2D eigenvalue weighted by Crippen LogP contribution is 1.98. The zero-order chi connectivity index (χ0) is 14.4. The average molecular weight is 276 g/mol. The second-order valence-electron chi connectivity index (χ2n) is 4.96. The second kappa shape index (κ2) is 7.02. The standard InChI is InChI=1S/C14H20N4O2/c1-11-9-18(8-7-15-11)10-13(19)16-17-14(20)12-5-3-2-4-6-12/h2-6,11,15H,7-10H2,1H3,(H,16,19)(H,17,20)/t11-/m0/s1. The highest BCUT2D eigenvalue weighted by molar-refractivity contribution is 5.95. The van der Waals surface area contributed by atoms with E-state index in [0.717, 1.165) is 19.6 Å². The third-order valence-corrected chi connectivity index (χ3v) is 3.17. The zero-order valence-corrected chi connectivity index (χ0v) is 11.6. The van der Waals surface area contributed by atoms with Gasteiger partial charge in [-0.2, -0.15) is 0 Å². The topological polar surface area (TPSA) is 73.5 Å². The Labute approximate surface area is 118 Å². The van der Waals surface area contributed by atoms with Crippen LogP contribution in [0, 0.1) is 0 Å². The second-order valence-corrected chi connectivity index (χ2v) is 4.96. The van der Waals surface area contributed by atoms with Crippen LogP contribution >= 0.6 is 0 Å². The predicted molar refractivity (Wildman–Crippen MR) is 76.0 cm³/mol. The summed E-state index contributed by atoms with van der Waals surface area (Å²) in [4.78, 5) is 25.6. The Kier molecular flexibility index (Phi) is 5.09. The summed E-state index contributed by atoms with van der Waals surface area (Å²) in [5, 5.41) is 3.31. The summed E-state index contributed by atoms with van der Waals surface area (Å²) in [5.41, 5.74) is 5.38. The number of rotatable bonds is 3. The van der Waals surface area contributed by atoms with Crippen molar-refractivity contribution < 1.29 is 9.59 Å². The fourth-order valence-corrected chi connectivity index (χ4v) is 2.19. The van der Waals surface area contributed by atoms with Crippen molar-refractivity contribution in [2.75, 3.05) is 26.2 Å². The van der Waals surface area contributed by atoms with Gasteiger partial charge in [-0.25, -0.2) is 0 Å². The van der Waals surface area contributed by atoms with Gasteiger partial charge in [0.1, 0.15) is 0 Å². The van der Waals surface area contributed by atoms with E-state index in [0.29, 0.717) is 18.2 Å². The van der Waals surface area contributed by atoms with E-state index >= 15 is 0 Å². The molecule has 1 saturated heterocycles. The van der Waals surface area contributed by atoms with Crippen LogP contribution in [-0.2, 0) is 4.79 Å². The van der Waals surface area contributed by atoms with Gasteiger partial charge in [0.15, 0.2) is 0 Å². The highest BCUT2D eigenvalue weighted by Gasteiger charge is 2.18. The summed E-state index contributed by atoms with van der Waals surface area (Å²) in [5.74, 6) is -0.518. The fourth-order valence-electron chi connectivity index (χ4n) is 2.19. The molecule has 6 heteroatoms. The van der Waals surface area contributed by atoms with Gasteiger partial charge in [-0.3, -0.25) is 25.3 Å². The molecule has 1 aromatic carbocycles. The molecule has 1 aromatic rings. The minimum atomic E-state index is -0.312. The molecule has 2 amide bonds. The van der Waals surface area contributed by atoms with E-state index in [9.17, 15) is 9.59 Å². The molecule has 1 aliphatic heterocycles. The van der Waals surface area contributed by atoms with Crippen molar-refractivity contribution in [3.8, 4) is 0 Å². The molecule has 0 radical (unpaired) electrons. The molecule has 0 saturated carbocycles. The van der Waals surface area contributed by atoms with Crippen LogP contribution in [0.1, 0.15) is 17.3 Å². The maximum atomic E-state index is 11.8. The molecule has 2 rings (SSSR count). The van der Waals surface area contributed by atoms with Crippen LogP contribution in [0.2, 0.25) is 0 Å². The molecule has 20 heavy (non-hydrogen) atoms. The third kappa shape index (κ3) is 4.32. The molecular formula is C14H20N4O2. The smallest absolute Gasteiger partial charge is 0.269 e. The molecule has 1 heterocycles. The number of hydrazine groups is 1. The minimum absolute atomic E-state index is 0.205. The molecule has 1 aliphatic rings. The molecule has 108 valence electrons. The van der Waals surface area contributed by atoms with Crippen molar-refractivity contribution in [1.82, 2.24) is 21.1 Å².